The predicted molar refractivity (Wildman–Crippen MR) is 104 cm³/mol. The number of aromatic nitrogens is 4. The maximum Gasteiger partial charge on any atom is 0.295 e. The molecule has 0 aromatic carbocycles. The van der Waals surface area contributed by atoms with Gasteiger partial charge in [0.25, 0.3) is 11.1 Å². The summed E-state index contributed by atoms with van der Waals surface area (Å²) in [6.07, 6.45) is 2.30. The van der Waals surface area contributed by atoms with Gasteiger partial charge in [-0.05, 0) is 42.9 Å². The van der Waals surface area contributed by atoms with Crippen molar-refractivity contribution in [2.75, 3.05) is 19.5 Å². The first-order valence-corrected chi connectivity index (χ1v) is 9.13. The van der Waals surface area contributed by atoms with Gasteiger partial charge in [-0.2, -0.15) is 0 Å². The van der Waals surface area contributed by atoms with Gasteiger partial charge < -0.3 is 14.6 Å². The molecule has 0 bridgehead atoms. The number of hydrogen-bond donors (Lipinski definition) is 2. The Labute approximate surface area is 165 Å². The Hall–Kier alpha value is -3.11. The summed E-state index contributed by atoms with van der Waals surface area (Å²) in [5.41, 5.74) is 2.62. The maximum absolute atomic E-state index is 12.9. The number of carbonyl (C=O) groups excluding carboxylic acids is 1. The third kappa shape index (κ3) is 3.92. The van der Waals surface area contributed by atoms with Crippen LogP contribution in [0.4, 0.5) is 5.13 Å². The number of carbonyl (C=O) groups is 1. The van der Waals surface area contributed by atoms with Crippen LogP contribution in [-0.4, -0.2) is 45.4 Å². The first-order chi connectivity index (χ1) is 13.4. The molecule has 0 spiro atoms. The second kappa shape index (κ2) is 8.28. The molecule has 0 radical (unpaired) electrons. The number of ether oxygens (including phenoxy) is 2. The first-order valence-electron chi connectivity index (χ1n) is 8.31. The van der Waals surface area contributed by atoms with Crippen LogP contribution in [0.25, 0.3) is 11.1 Å². The van der Waals surface area contributed by atoms with Gasteiger partial charge in [0.2, 0.25) is 5.13 Å². The summed E-state index contributed by atoms with van der Waals surface area (Å²) in [4.78, 5) is 21.4. The normalized spacial score (nSPS) is 11.8. The fourth-order valence-corrected chi connectivity index (χ4v) is 3.19. The van der Waals surface area contributed by atoms with Gasteiger partial charge in [0, 0.05) is 18.0 Å². The number of pyridine rings is 2. The van der Waals surface area contributed by atoms with E-state index < -0.39 is 12.0 Å². The van der Waals surface area contributed by atoms with E-state index in [0.29, 0.717) is 44.2 Å². The van der Waals surface area contributed by atoms with Gasteiger partial charge in [0.1, 0.15) is 5.75 Å². The minimum Gasteiger partial charge on any atom is -0.494 e. The lowest BCUT2D eigenvalue weighted by atomic mass is 9.98. The molecule has 0 aliphatic rings. The minimum atomic E-state index is -0.750. The van der Waals surface area contributed by atoms with Crippen molar-refractivity contribution in [1.82, 2.24) is 20.2 Å². The molecule has 0 fully saturated rings. The highest BCUT2D eigenvalue weighted by molar-refractivity contribution is 7.17. The van der Waals surface area contributed by atoms with Gasteiger partial charge >= 0.3 is 0 Å². The minimum absolute atomic E-state index is 0.291. The van der Waals surface area contributed by atoms with E-state index in [-0.39, 0.29) is 0 Å². The lowest BCUT2D eigenvalue weighted by Gasteiger charge is -2.16. The average molecular weight is 401 g/mol. The fourth-order valence-electron chi connectivity index (χ4n) is 2.64. The van der Waals surface area contributed by atoms with Gasteiger partial charge in [-0.1, -0.05) is 5.10 Å². The Morgan fingerprint density at radius 2 is 2.04 bits per heavy atom. The van der Waals surface area contributed by atoms with Gasteiger partial charge in [-0.15, -0.1) is 5.10 Å². The Morgan fingerprint density at radius 1 is 1.25 bits per heavy atom. The summed E-state index contributed by atoms with van der Waals surface area (Å²) in [5.74, 6) is 0.0419. The molecule has 3 aromatic heterocycles. The van der Waals surface area contributed by atoms with Gasteiger partial charge in [-0.25, -0.2) is 0 Å². The van der Waals surface area contributed by atoms with E-state index in [1.165, 1.54) is 20.4 Å². The Morgan fingerprint density at radius 3 is 2.68 bits per heavy atom. The standard InChI is InChI=1S/C18H19N5O4S/c1-9-15(26-3)14(11-5-6-19-13(7-11)10(2)24)12(8-20-9)16(25)21-17-22-23-18(27-4)28-17/h5-8,10,24H,1-4H3,(H,21,22,25). The summed E-state index contributed by atoms with van der Waals surface area (Å²) in [7, 11) is 2.99. The SMILES string of the molecule is COc1nnc(NC(=O)c2cnc(C)c(OC)c2-c2ccnc(C(C)O)c2)s1. The summed E-state index contributed by atoms with van der Waals surface area (Å²) < 4.78 is 10.5. The quantitative estimate of drug-likeness (QED) is 0.647. The van der Waals surface area contributed by atoms with Crippen LogP contribution in [0.15, 0.2) is 24.5 Å². The molecule has 0 saturated carbocycles. The van der Waals surface area contributed by atoms with Crippen molar-refractivity contribution >= 4 is 22.4 Å². The third-order valence-electron chi connectivity index (χ3n) is 3.96. The molecule has 28 heavy (non-hydrogen) atoms. The molecule has 3 rings (SSSR count). The van der Waals surface area contributed by atoms with Crippen molar-refractivity contribution in [2.45, 2.75) is 20.0 Å². The van der Waals surface area contributed by atoms with Crippen LogP contribution < -0.4 is 14.8 Å². The largest absolute Gasteiger partial charge is 0.494 e. The molecule has 3 aromatic rings. The summed E-state index contributed by atoms with van der Waals surface area (Å²) in [5, 5.41) is 20.9. The highest BCUT2D eigenvalue weighted by Gasteiger charge is 2.22. The van der Waals surface area contributed by atoms with Gasteiger partial charge in [-0.3, -0.25) is 20.1 Å². The molecule has 0 aliphatic heterocycles. The zero-order valence-electron chi connectivity index (χ0n) is 15.8. The Kier molecular flexibility index (Phi) is 5.81. The number of aliphatic hydroxyl groups excluding tert-OH is 1. The lowest BCUT2D eigenvalue weighted by Crippen LogP contribution is -2.15. The Bertz CT molecular complexity index is 1010. The first kappa shape index (κ1) is 19.6. The topological polar surface area (TPSA) is 119 Å². The lowest BCUT2D eigenvalue weighted by molar-refractivity contribution is 0.102. The van der Waals surface area contributed by atoms with Crippen LogP contribution in [0.5, 0.6) is 10.9 Å². The smallest absolute Gasteiger partial charge is 0.295 e. The van der Waals surface area contributed by atoms with Gasteiger partial charge in [0.15, 0.2) is 0 Å². The second-order valence-electron chi connectivity index (χ2n) is 5.84. The van der Waals surface area contributed by atoms with Crippen LogP contribution in [0, 0.1) is 6.92 Å². The number of aliphatic hydroxyl groups is 1. The molecule has 1 amide bonds. The number of methoxy groups -OCH3 is 2. The van der Waals surface area contributed by atoms with E-state index in [2.05, 4.69) is 25.5 Å². The molecule has 1 atom stereocenters. The van der Waals surface area contributed by atoms with E-state index in [0.717, 1.165) is 11.3 Å². The van der Waals surface area contributed by atoms with Crippen molar-refractivity contribution in [2.24, 2.45) is 0 Å². The molecule has 10 heteroatoms. The van der Waals surface area contributed by atoms with Crippen LogP contribution in [-0.2, 0) is 0 Å². The number of rotatable bonds is 6. The fraction of sp³-hybridized carbons (Fsp3) is 0.278. The van der Waals surface area contributed by atoms with E-state index >= 15 is 0 Å². The number of nitrogens with zero attached hydrogens (tertiary/aromatic N) is 4. The predicted octanol–water partition coefficient (Wildman–Crippen LogP) is 2.63. The number of amides is 1. The van der Waals surface area contributed by atoms with Crippen molar-refractivity contribution in [1.29, 1.82) is 0 Å². The third-order valence-corrected chi connectivity index (χ3v) is 4.76. The van der Waals surface area contributed by atoms with Crippen molar-refractivity contribution in [3.05, 3.63) is 41.5 Å². The monoisotopic (exact) mass is 401 g/mol. The molecular weight excluding hydrogens is 382 g/mol. The number of hydrogen-bond acceptors (Lipinski definition) is 9. The molecule has 9 nitrogen and oxygen atoms in total. The zero-order valence-corrected chi connectivity index (χ0v) is 16.6. The molecule has 2 N–H and O–H groups in total. The van der Waals surface area contributed by atoms with Crippen LogP contribution in [0.2, 0.25) is 0 Å². The molecule has 0 aliphatic carbocycles. The molecule has 0 saturated heterocycles. The van der Waals surface area contributed by atoms with E-state index in [1.807, 2.05) is 0 Å². The maximum atomic E-state index is 12.9. The van der Waals surface area contributed by atoms with Gasteiger partial charge in [0.05, 0.1) is 37.3 Å². The Balaban J connectivity index is 2.08. The zero-order chi connectivity index (χ0) is 20.3. The second-order valence-corrected chi connectivity index (χ2v) is 6.78. The average Bonchev–Trinajstić information content (AvgIpc) is 3.15. The van der Waals surface area contributed by atoms with Crippen molar-refractivity contribution < 1.29 is 19.4 Å². The molecule has 3 heterocycles. The highest BCUT2D eigenvalue weighted by Crippen LogP contribution is 2.36. The van der Waals surface area contributed by atoms with Crippen LogP contribution in [0.3, 0.4) is 0 Å². The number of aryl methyl sites for hydroxylation is 1. The molecule has 146 valence electrons. The highest BCUT2D eigenvalue weighted by atomic mass is 32.1. The van der Waals surface area contributed by atoms with E-state index in [4.69, 9.17) is 9.47 Å². The summed E-state index contributed by atoms with van der Waals surface area (Å²) >= 11 is 1.11. The van der Waals surface area contributed by atoms with Crippen molar-refractivity contribution in [3.8, 4) is 22.1 Å². The summed E-state index contributed by atoms with van der Waals surface area (Å²) in [6.45, 7) is 3.41. The molecule has 1 unspecified atom stereocenters. The van der Waals surface area contributed by atoms with Crippen LogP contribution in [0.1, 0.15) is 34.8 Å². The number of anilines is 1. The van der Waals surface area contributed by atoms with E-state index in [1.54, 1.807) is 32.2 Å². The van der Waals surface area contributed by atoms with Crippen molar-refractivity contribution in [3.63, 3.8) is 0 Å². The van der Waals surface area contributed by atoms with Crippen LogP contribution >= 0.6 is 11.3 Å². The number of nitrogens with one attached hydrogen (secondary N) is 1. The molecular formula is C18H19N5O4S. The summed E-state index contributed by atoms with van der Waals surface area (Å²) in [6, 6.07) is 3.46. The van der Waals surface area contributed by atoms with E-state index in [9.17, 15) is 9.90 Å².